The fraction of sp³-hybridized carbons (Fsp3) is 0.0476. The quantitative estimate of drug-likeness (QED) is 0.578. The van der Waals surface area contributed by atoms with Crippen molar-refractivity contribution in [1.29, 1.82) is 0 Å². The molecule has 0 heterocycles. The minimum absolute atomic E-state index is 0.308. The third-order valence-corrected chi connectivity index (χ3v) is 4.48. The molecule has 2 amide bonds. The molecule has 0 aromatic heterocycles. The van der Waals surface area contributed by atoms with Gasteiger partial charge in [-0.15, -0.1) is 0 Å². The molecular formula is C21H16Cl2N2O3. The Bertz CT molecular complexity index is 1040. The Labute approximate surface area is 172 Å². The summed E-state index contributed by atoms with van der Waals surface area (Å²) >= 11 is 12.0. The normalized spacial score (nSPS) is 10.2. The van der Waals surface area contributed by atoms with E-state index in [4.69, 9.17) is 27.9 Å². The van der Waals surface area contributed by atoms with Gasteiger partial charge in [0.2, 0.25) is 0 Å². The van der Waals surface area contributed by atoms with Crippen molar-refractivity contribution in [2.75, 3.05) is 17.7 Å². The summed E-state index contributed by atoms with van der Waals surface area (Å²) in [6.07, 6.45) is 0. The van der Waals surface area contributed by atoms with Crippen molar-refractivity contribution in [2.24, 2.45) is 0 Å². The van der Waals surface area contributed by atoms with Gasteiger partial charge in [-0.1, -0.05) is 41.4 Å². The second-order valence-electron chi connectivity index (χ2n) is 5.81. The van der Waals surface area contributed by atoms with Crippen LogP contribution in [0.25, 0.3) is 0 Å². The van der Waals surface area contributed by atoms with Crippen LogP contribution in [0, 0.1) is 0 Å². The number of hydrogen-bond acceptors (Lipinski definition) is 3. The molecule has 0 aliphatic carbocycles. The number of carbonyl (C=O) groups is 2. The molecule has 3 aromatic carbocycles. The Kier molecular flexibility index (Phi) is 6.19. The topological polar surface area (TPSA) is 67.4 Å². The summed E-state index contributed by atoms with van der Waals surface area (Å²) in [6.45, 7) is 0. The first-order valence-corrected chi connectivity index (χ1v) is 9.04. The van der Waals surface area contributed by atoms with Crippen LogP contribution in [0.1, 0.15) is 20.7 Å². The fourth-order valence-electron chi connectivity index (χ4n) is 2.54. The highest BCUT2D eigenvalue weighted by Crippen LogP contribution is 2.29. The molecule has 7 heteroatoms. The molecule has 0 aliphatic heterocycles. The molecule has 0 spiro atoms. The molecule has 5 nitrogen and oxygen atoms in total. The molecule has 0 atom stereocenters. The number of rotatable bonds is 5. The lowest BCUT2D eigenvalue weighted by Gasteiger charge is -2.13. The van der Waals surface area contributed by atoms with Gasteiger partial charge in [-0.2, -0.15) is 0 Å². The molecule has 0 radical (unpaired) electrons. The van der Waals surface area contributed by atoms with Gasteiger partial charge in [-0.05, 0) is 42.5 Å². The van der Waals surface area contributed by atoms with Crippen LogP contribution >= 0.6 is 23.2 Å². The Balaban J connectivity index is 1.78. The number of nitrogens with one attached hydrogen (secondary N) is 2. The lowest BCUT2D eigenvalue weighted by atomic mass is 10.2. The molecule has 3 aromatic rings. The molecule has 0 saturated carbocycles. The number of hydrogen-bond donors (Lipinski definition) is 2. The number of carbonyl (C=O) groups excluding carboxylic acids is 2. The predicted octanol–water partition coefficient (Wildman–Crippen LogP) is 5.51. The molecule has 0 fully saturated rings. The van der Waals surface area contributed by atoms with E-state index >= 15 is 0 Å². The SMILES string of the molecule is COc1cc(NC(=O)c2cccc(Cl)c2)ccc1NC(=O)c1ccccc1Cl. The van der Waals surface area contributed by atoms with E-state index in [-0.39, 0.29) is 11.8 Å². The van der Waals surface area contributed by atoms with Crippen molar-refractivity contribution >= 4 is 46.4 Å². The van der Waals surface area contributed by atoms with Gasteiger partial charge in [0.1, 0.15) is 5.75 Å². The summed E-state index contributed by atoms with van der Waals surface area (Å²) in [7, 11) is 1.48. The van der Waals surface area contributed by atoms with E-state index in [0.29, 0.717) is 38.3 Å². The van der Waals surface area contributed by atoms with Crippen LogP contribution in [0.5, 0.6) is 5.75 Å². The standard InChI is InChI=1S/C21H16Cl2N2O3/c1-28-19-12-15(24-20(26)13-5-4-6-14(22)11-13)9-10-18(19)25-21(27)16-7-2-3-8-17(16)23/h2-12H,1H3,(H,24,26)(H,25,27). The molecule has 2 N–H and O–H groups in total. The summed E-state index contributed by atoms with van der Waals surface area (Å²) in [6, 6.07) is 18.3. The average Bonchev–Trinajstić information content (AvgIpc) is 2.69. The van der Waals surface area contributed by atoms with Crippen molar-refractivity contribution in [2.45, 2.75) is 0 Å². The lowest BCUT2D eigenvalue weighted by molar-refractivity contribution is 0.101. The zero-order valence-corrected chi connectivity index (χ0v) is 16.3. The van der Waals surface area contributed by atoms with Crippen LogP contribution in [0.4, 0.5) is 11.4 Å². The number of amides is 2. The first kappa shape index (κ1) is 19.7. The van der Waals surface area contributed by atoms with E-state index in [1.54, 1.807) is 66.7 Å². The molecular weight excluding hydrogens is 399 g/mol. The van der Waals surface area contributed by atoms with Crippen LogP contribution in [0.3, 0.4) is 0 Å². The van der Waals surface area contributed by atoms with Crippen molar-refractivity contribution < 1.29 is 14.3 Å². The summed E-state index contributed by atoms with van der Waals surface area (Å²) < 4.78 is 5.34. The summed E-state index contributed by atoms with van der Waals surface area (Å²) in [5, 5.41) is 6.36. The Morgan fingerprint density at radius 3 is 2.36 bits per heavy atom. The maximum Gasteiger partial charge on any atom is 0.257 e. The van der Waals surface area contributed by atoms with E-state index in [1.165, 1.54) is 7.11 Å². The number of anilines is 2. The smallest absolute Gasteiger partial charge is 0.257 e. The number of benzene rings is 3. The largest absolute Gasteiger partial charge is 0.494 e. The highest BCUT2D eigenvalue weighted by molar-refractivity contribution is 6.34. The molecule has 28 heavy (non-hydrogen) atoms. The highest BCUT2D eigenvalue weighted by Gasteiger charge is 2.14. The predicted molar refractivity (Wildman–Crippen MR) is 112 cm³/mol. The van der Waals surface area contributed by atoms with Crippen LogP contribution in [-0.2, 0) is 0 Å². The van der Waals surface area contributed by atoms with Crippen molar-refractivity contribution in [1.82, 2.24) is 0 Å². The first-order chi connectivity index (χ1) is 13.5. The summed E-state index contributed by atoms with van der Waals surface area (Å²) in [5.74, 6) is -0.277. The highest BCUT2D eigenvalue weighted by atomic mass is 35.5. The fourth-order valence-corrected chi connectivity index (χ4v) is 2.95. The van der Waals surface area contributed by atoms with Gasteiger partial charge in [0, 0.05) is 22.3 Å². The monoisotopic (exact) mass is 414 g/mol. The van der Waals surface area contributed by atoms with Crippen LogP contribution in [-0.4, -0.2) is 18.9 Å². The summed E-state index contributed by atoms with van der Waals surface area (Å²) in [4.78, 5) is 24.8. The van der Waals surface area contributed by atoms with Gasteiger partial charge in [0.05, 0.1) is 23.4 Å². The maximum atomic E-state index is 12.4. The minimum atomic E-state index is -0.361. The third kappa shape index (κ3) is 4.63. The molecule has 0 saturated heterocycles. The molecule has 0 bridgehead atoms. The molecule has 142 valence electrons. The van der Waals surface area contributed by atoms with Gasteiger partial charge in [-0.25, -0.2) is 0 Å². The first-order valence-electron chi connectivity index (χ1n) is 8.29. The van der Waals surface area contributed by atoms with Crippen LogP contribution < -0.4 is 15.4 Å². The second-order valence-corrected chi connectivity index (χ2v) is 6.66. The van der Waals surface area contributed by atoms with Gasteiger partial charge >= 0.3 is 0 Å². The Hall–Kier alpha value is -3.02. The summed E-state index contributed by atoms with van der Waals surface area (Å²) in [5.41, 5.74) is 1.75. The number of halogens is 2. The molecule has 0 aliphatic rings. The second kappa shape index (κ2) is 8.78. The van der Waals surface area contributed by atoms with Crippen LogP contribution in [0.2, 0.25) is 10.0 Å². The average molecular weight is 415 g/mol. The zero-order valence-electron chi connectivity index (χ0n) is 14.8. The minimum Gasteiger partial charge on any atom is -0.494 e. The van der Waals surface area contributed by atoms with E-state index in [9.17, 15) is 9.59 Å². The maximum absolute atomic E-state index is 12.4. The van der Waals surface area contributed by atoms with E-state index in [1.807, 2.05) is 0 Å². The van der Waals surface area contributed by atoms with Crippen molar-refractivity contribution in [3.8, 4) is 5.75 Å². The van der Waals surface area contributed by atoms with Gasteiger partial charge < -0.3 is 15.4 Å². The third-order valence-electron chi connectivity index (χ3n) is 3.91. The van der Waals surface area contributed by atoms with Crippen molar-refractivity contribution in [3.05, 3.63) is 87.9 Å². The number of methoxy groups -OCH3 is 1. The molecule has 3 rings (SSSR count). The van der Waals surface area contributed by atoms with Gasteiger partial charge in [0.25, 0.3) is 11.8 Å². The van der Waals surface area contributed by atoms with Crippen LogP contribution in [0.15, 0.2) is 66.7 Å². The van der Waals surface area contributed by atoms with Gasteiger partial charge in [0.15, 0.2) is 0 Å². The zero-order chi connectivity index (χ0) is 20.1. The number of ether oxygens (including phenoxy) is 1. The van der Waals surface area contributed by atoms with E-state index in [2.05, 4.69) is 10.6 Å². The Morgan fingerprint density at radius 2 is 1.64 bits per heavy atom. The van der Waals surface area contributed by atoms with Gasteiger partial charge in [-0.3, -0.25) is 9.59 Å². The van der Waals surface area contributed by atoms with E-state index < -0.39 is 0 Å². The lowest BCUT2D eigenvalue weighted by Crippen LogP contribution is -2.14. The van der Waals surface area contributed by atoms with Crippen molar-refractivity contribution in [3.63, 3.8) is 0 Å². The molecule has 0 unspecified atom stereocenters. The Morgan fingerprint density at radius 1 is 0.857 bits per heavy atom. The van der Waals surface area contributed by atoms with E-state index in [0.717, 1.165) is 0 Å².